The highest BCUT2D eigenvalue weighted by molar-refractivity contribution is 5.58. The Morgan fingerprint density at radius 2 is 2.19 bits per heavy atom. The molecule has 2 aromatic rings. The molecule has 108 valence electrons. The van der Waals surface area contributed by atoms with E-state index in [0.717, 1.165) is 17.0 Å². The lowest BCUT2D eigenvalue weighted by atomic mass is 10.2. The summed E-state index contributed by atoms with van der Waals surface area (Å²) in [5.74, 6) is 1.20. The zero-order valence-electron chi connectivity index (χ0n) is 12.2. The van der Waals surface area contributed by atoms with E-state index in [9.17, 15) is 0 Å². The summed E-state index contributed by atoms with van der Waals surface area (Å²) in [5.41, 5.74) is 2.52. The molecule has 2 heterocycles. The van der Waals surface area contributed by atoms with Gasteiger partial charge in [0.2, 0.25) is 0 Å². The van der Waals surface area contributed by atoms with E-state index in [1.165, 1.54) is 0 Å². The number of ether oxygens (including phenoxy) is 1. The van der Waals surface area contributed by atoms with Crippen LogP contribution in [0.1, 0.15) is 0 Å². The summed E-state index contributed by atoms with van der Waals surface area (Å²) in [5, 5.41) is 7.05. The highest BCUT2D eigenvalue weighted by Gasteiger charge is 2.04. The number of hydrogen-bond acceptors (Lipinski definition) is 4. The first kappa shape index (κ1) is 14.6. The minimum absolute atomic E-state index is 0.523. The van der Waals surface area contributed by atoms with Crippen molar-refractivity contribution in [2.45, 2.75) is 0 Å². The van der Waals surface area contributed by atoms with Gasteiger partial charge in [0.1, 0.15) is 11.5 Å². The van der Waals surface area contributed by atoms with E-state index in [0.29, 0.717) is 11.5 Å². The Morgan fingerprint density at radius 1 is 1.38 bits per heavy atom. The number of nitrogens with zero attached hydrogens (tertiary/aromatic N) is 3. The third-order valence-electron chi connectivity index (χ3n) is 2.77. The molecule has 0 aliphatic rings. The number of aryl methyl sites for hydroxylation is 1. The van der Waals surface area contributed by atoms with Gasteiger partial charge in [-0.1, -0.05) is 13.2 Å². The first-order valence-electron chi connectivity index (χ1n) is 6.45. The lowest BCUT2D eigenvalue weighted by molar-refractivity contribution is 0.446. The minimum Gasteiger partial charge on any atom is -0.458 e. The number of nitrogens with one attached hydrogen (secondary N) is 1. The standard InChI is InChI=1S/C16H18N4O/c1-12(17-3)5-6-13(2)21-15-7-8-18-16(9-15)14-10-19-20(4)11-14/h5-11,17H,1-2H2,3-4H3/b6-5-. The van der Waals surface area contributed by atoms with Crippen LogP contribution in [0.5, 0.6) is 5.75 Å². The first-order valence-corrected chi connectivity index (χ1v) is 6.45. The summed E-state index contributed by atoms with van der Waals surface area (Å²) in [6.07, 6.45) is 8.91. The van der Waals surface area contributed by atoms with Crippen molar-refractivity contribution in [1.29, 1.82) is 0 Å². The van der Waals surface area contributed by atoms with Gasteiger partial charge in [-0.2, -0.15) is 5.10 Å². The van der Waals surface area contributed by atoms with Crippen LogP contribution in [0.15, 0.2) is 67.5 Å². The summed E-state index contributed by atoms with van der Waals surface area (Å²) in [6, 6.07) is 3.63. The lowest BCUT2D eigenvalue weighted by Crippen LogP contribution is -2.01. The summed E-state index contributed by atoms with van der Waals surface area (Å²) in [7, 11) is 3.67. The molecule has 2 aromatic heterocycles. The predicted molar refractivity (Wildman–Crippen MR) is 83.5 cm³/mol. The van der Waals surface area contributed by atoms with Crippen LogP contribution in [-0.4, -0.2) is 21.8 Å². The van der Waals surface area contributed by atoms with E-state index < -0.39 is 0 Å². The monoisotopic (exact) mass is 282 g/mol. The van der Waals surface area contributed by atoms with Crippen LogP contribution in [0, 0.1) is 0 Å². The molecule has 0 fully saturated rings. The van der Waals surface area contributed by atoms with Crippen molar-refractivity contribution >= 4 is 0 Å². The Balaban J connectivity index is 2.09. The Morgan fingerprint density at radius 3 is 2.86 bits per heavy atom. The summed E-state index contributed by atoms with van der Waals surface area (Å²) >= 11 is 0. The average molecular weight is 282 g/mol. The first-order chi connectivity index (χ1) is 10.1. The number of rotatable bonds is 6. The molecule has 0 amide bonds. The van der Waals surface area contributed by atoms with Gasteiger partial charge >= 0.3 is 0 Å². The Kier molecular flexibility index (Phi) is 4.56. The fourth-order valence-electron chi connectivity index (χ4n) is 1.65. The minimum atomic E-state index is 0.523. The zero-order valence-corrected chi connectivity index (χ0v) is 12.2. The molecule has 0 spiro atoms. The maximum absolute atomic E-state index is 5.66. The van der Waals surface area contributed by atoms with Crippen LogP contribution in [-0.2, 0) is 7.05 Å². The number of pyridine rings is 1. The van der Waals surface area contributed by atoms with Crippen molar-refractivity contribution in [1.82, 2.24) is 20.1 Å². The van der Waals surface area contributed by atoms with Gasteiger partial charge in [-0.15, -0.1) is 0 Å². The summed E-state index contributed by atoms with van der Waals surface area (Å²) in [6.45, 7) is 7.64. The van der Waals surface area contributed by atoms with Gasteiger partial charge in [-0.05, 0) is 18.2 Å². The van der Waals surface area contributed by atoms with Crippen molar-refractivity contribution in [3.8, 4) is 17.0 Å². The molecule has 0 saturated carbocycles. The fourth-order valence-corrected chi connectivity index (χ4v) is 1.65. The maximum Gasteiger partial charge on any atom is 0.131 e. The molecule has 0 aromatic carbocycles. The highest BCUT2D eigenvalue weighted by atomic mass is 16.5. The van der Waals surface area contributed by atoms with Crippen molar-refractivity contribution in [3.63, 3.8) is 0 Å². The van der Waals surface area contributed by atoms with Crippen LogP contribution in [0.2, 0.25) is 0 Å². The summed E-state index contributed by atoms with van der Waals surface area (Å²) < 4.78 is 7.39. The van der Waals surface area contributed by atoms with E-state index in [2.05, 4.69) is 28.6 Å². The van der Waals surface area contributed by atoms with Crippen LogP contribution in [0.4, 0.5) is 0 Å². The number of likely N-dealkylation sites (N-methyl/N-ethyl adjacent to an activating group) is 1. The SMILES string of the molecule is C=C(/C=C\C(=C)Oc1ccnc(-c2cnn(C)c2)c1)NC. The van der Waals surface area contributed by atoms with Crippen molar-refractivity contribution in [3.05, 3.63) is 67.5 Å². The van der Waals surface area contributed by atoms with Gasteiger partial charge in [-0.3, -0.25) is 9.67 Å². The third kappa shape index (κ3) is 4.07. The van der Waals surface area contributed by atoms with Gasteiger partial charge in [0, 0.05) is 43.8 Å². The topological polar surface area (TPSA) is 52.0 Å². The molecular formula is C16H18N4O. The second-order valence-electron chi connectivity index (χ2n) is 4.46. The number of hydrogen-bond donors (Lipinski definition) is 1. The molecule has 0 aliphatic heterocycles. The Labute approximate surface area is 124 Å². The van der Waals surface area contributed by atoms with Crippen molar-refractivity contribution in [2.24, 2.45) is 7.05 Å². The lowest BCUT2D eigenvalue weighted by Gasteiger charge is -2.06. The molecule has 0 unspecified atom stereocenters. The van der Waals surface area contributed by atoms with Crippen molar-refractivity contribution < 1.29 is 4.74 Å². The molecule has 0 radical (unpaired) electrons. The highest BCUT2D eigenvalue weighted by Crippen LogP contribution is 2.22. The molecule has 1 N–H and O–H groups in total. The Hall–Kier alpha value is -2.82. The van der Waals surface area contributed by atoms with E-state index >= 15 is 0 Å². The summed E-state index contributed by atoms with van der Waals surface area (Å²) in [4.78, 5) is 4.31. The zero-order chi connectivity index (χ0) is 15.2. The average Bonchev–Trinajstić information content (AvgIpc) is 2.91. The third-order valence-corrected chi connectivity index (χ3v) is 2.77. The van der Waals surface area contributed by atoms with Crippen LogP contribution < -0.4 is 10.1 Å². The molecule has 0 aliphatic carbocycles. The molecule has 5 nitrogen and oxygen atoms in total. The molecule has 21 heavy (non-hydrogen) atoms. The van der Waals surface area contributed by atoms with Crippen LogP contribution >= 0.6 is 0 Å². The van der Waals surface area contributed by atoms with Gasteiger partial charge in [0.05, 0.1) is 11.9 Å². The van der Waals surface area contributed by atoms with E-state index in [-0.39, 0.29) is 0 Å². The number of aromatic nitrogens is 3. The van der Waals surface area contributed by atoms with Gasteiger partial charge < -0.3 is 10.1 Å². The molecule has 5 heteroatoms. The normalized spacial score (nSPS) is 10.6. The van der Waals surface area contributed by atoms with Crippen LogP contribution in [0.25, 0.3) is 11.3 Å². The van der Waals surface area contributed by atoms with Gasteiger partial charge in [0.15, 0.2) is 0 Å². The quantitative estimate of drug-likeness (QED) is 0.653. The maximum atomic E-state index is 5.66. The van der Waals surface area contributed by atoms with Crippen molar-refractivity contribution in [2.75, 3.05) is 7.05 Å². The smallest absolute Gasteiger partial charge is 0.131 e. The van der Waals surface area contributed by atoms with Gasteiger partial charge in [0.25, 0.3) is 0 Å². The van der Waals surface area contributed by atoms with Crippen LogP contribution in [0.3, 0.4) is 0 Å². The second-order valence-corrected chi connectivity index (χ2v) is 4.46. The second kappa shape index (κ2) is 6.56. The largest absolute Gasteiger partial charge is 0.458 e. The Bertz CT molecular complexity index is 685. The molecular weight excluding hydrogens is 264 g/mol. The number of allylic oxidation sites excluding steroid dienone is 2. The molecule has 2 rings (SSSR count). The predicted octanol–water partition coefficient (Wildman–Crippen LogP) is 2.66. The molecule has 0 bridgehead atoms. The fraction of sp³-hybridized carbons (Fsp3) is 0.125. The molecule has 0 saturated heterocycles. The van der Waals surface area contributed by atoms with E-state index in [1.807, 2.05) is 19.3 Å². The van der Waals surface area contributed by atoms with E-state index in [1.54, 1.807) is 42.3 Å². The molecule has 0 atom stereocenters. The van der Waals surface area contributed by atoms with E-state index in [4.69, 9.17) is 4.74 Å². The van der Waals surface area contributed by atoms with Gasteiger partial charge in [-0.25, -0.2) is 0 Å².